The van der Waals surface area contributed by atoms with Crippen molar-refractivity contribution in [1.29, 1.82) is 0 Å². The van der Waals surface area contributed by atoms with Crippen LogP contribution in [0.4, 0.5) is 0 Å². The highest BCUT2D eigenvalue weighted by molar-refractivity contribution is 9.10. The molecule has 1 rings (SSSR count). The van der Waals surface area contributed by atoms with Crippen molar-refractivity contribution in [2.75, 3.05) is 7.11 Å². The first-order valence-electron chi connectivity index (χ1n) is 3.20. The van der Waals surface area contributed by atoms with Crippen molar-refractivity contribution < 1.29 is 7.48 Å². The predicted octanol–water partition coefficient (Wildman–Crippen LogP) is 1.25. The average molecular weight is 191 g/mol. The maximum absolute atomic E-state index is 7.23. The molecule has 0 amide bonds. The van der Waals surface area contributed by atoms with E-state index < -0.39 is 0 Å². The predicted molar refractivity (Wildman–Crippen MR) is 36.3 cm³/mol. The Kier molecular flexibility index (Phi) is 1.30. The molecule has 0 fully saturated rings. The zero-order valence-electron chi connectivity index (χ0n) is 6.68. The van der Waals surface area contributed by atoms with E-state index in [-0.39, 0.29) is 22.8 Å². The van der Waals surface area contributed by atoms with Crippen molar-refractivity contribution in [3.05, 3.63) is 17.1 Å². The topological polar surface area (TPSA) is 35.0 Å². The first-order valence-corrected chi connectivity index (χ1v) is 2.99. The van der Waals surface area contributed by atoms with Gasteiger partial charge in [0.05, 0.1) is 22.2 Å². The molecule has 0 radical (unpaired) electrons. The molecule has 0 bridgehead atoms. The fraction of sp³-hybridized carbons (Fsp3) is 0.200. The molecule has 0 atom stereocenters. The van der Waals surface area contributed by atoms with Gasteiger partial charge in [0.1, 0.15) is 0 Å². The fourth-order valence-electron chi connectivity index (χ4n) is 0.335. The van der Waals surface area contributed by atoms with Gasteiger partial charge >= 0.3 is 0 Å². The van der Waals surface area contributed by atoms with Gasteiger partial charge in [0.15, 0.2) is 10.5 Å². The van der Waals surface area contributed by atoms with Crippen LogP contribution in [0.1, 0.15) is 2.74 Å². The Morgan fingerprint density at radius 3 is 2.67 bits per heavy atom. The van der Waals surface area contributed by atoms with Crippen LogP contribution in [0.2, 0.25) is 0 Å². The van der Waals surface area contributed by atoms with E-state index in [9.17, 15) is 0 Å². The Morgan fingerprint density at radius 1 is 1.67 bits per heavy atom. The molecule has 3 nitrogen and oxygen atoms in total. The summed E-state index contributed by atoms with van der Waals surface area (Å²) < 4.78 is 19.4. The highest BCUT2D eigenvalue weighted by Crippen LogP contribution is 2.07. The smallest absolute Gasteiger partial charge is 0.196 e. The Labute approximate surface area is 64.0 Å². The Balaban J connectivity index is 3.25. The Morgan fingerprint density at radius 2 is 2.22 bits per heavy atom. The van der Waals surface area contributed by atoms with Crippen LogP contribution in [0.25, 0.3) is 0 Å². The molecule has 0 aliphatic rings. The number of methoxy groups -OCH3 is 1. The van der Waals surface area contributed by atoms with Gasteiger partial charge < -0.3 is 4.74 Å². The number of halogens is 1. The van der Waals surface area contributed by atoms with Crippen molar-refractivity contribution >= 4 is 15.9 Å². The number of hydrogen-bond donors (Lipinski definition) is 0. The van der Waals surface area contributed by atoms with Gasteiger partial charge in [-0.2, -0.15) is 0 Å². The van der Waals surface area contributed by atoms with E-state index in [0.29, 0.717) is 0 Å². The van der Waals surface area contributed by atoms with Crippen LogP contribution in [0, 0.1) is 0 Å². The van der Waals surface area contributed by atoms with Gasteiger partial charge in [-0.05, 0) is 15.9 Å². The third-order valence-electron chi connectivity index (χ3n) is 0.704. The molecule has 0 unspecified atom stereocenters. The third kappa shape index (κ3) is 1.64. The van der Waals surface area contributed by atoms with Crippen LogP contribution in [0.5, 0.6) is 5.75 Å². The van der Waals surface area contributed by atoms with Gasteiger partial charge in [-0.15, -0.1) is 0 Å². The summed E-state index contributed by atoms with van der Waals surface area (Å²) in [7, 11) is 1.38. The molecular weight excluding hydrogens is 184 g/mol. The maximum atomic E-state index is 7.23. The normalized spacial score (nSPS) is 12.2. The largest absolute Gasteiger partial charge is 0.494 e. The van der Waals surface area contributed by atoms with Crippen LogP contribution < -0.4 is 4.74 Å². The minimum absolute atomic E-state index is 0.0839. The molecular formula is C5H5BrN2O. The lowest BCUT2D eigenvalue weighted by atomic mass is 10.6. The number of hydrogen-bond acceptors (Lipinski definition) is 3. The monoisotopic (exact) mass is 190 g/mol. The first-order chi connectivity index (χ1) is 5.15. The number of rotatable bonds is 1. The summed E-state index contributed by atoms with van der Waals surface area (Å²) in [5.41, 5.74) is 0. The number of ether oxygens (including phenoxy) is 1. The lowest BCUT2D eigenvalue weighted by molar-refractivity contribution is 0.410. The maximum Gasteiger partial charge on any atom is 0.196 e. The van der Waals surface area contributed by atoms with Crippen molar-refractivity contribution in [2.45, 2.75) is 0 Å². The van der Waals surface area contributed by atoms with E-state index in [2.05, 4.69) is 25.9 Å². The van der Waals surface area contributed by atoms with Crippen molar-refractivity contribution in [3.8, 4) is 5.75 Å². The minimum Gasteiger partial charge on any atom is -0.494 e. The molecule has 0 saturated heterocycles. The SMILES string of the molecule is [2H]c1nc(Br)nc([2H])c1OC. The van der Waals surface area contributed by atoms with Crippen LogP contribution in [0.3, 0.4) is 0 Å². The van der Waals surface area contributed by atoms with Crippen LogP contribution in [-0.4, -0.2) is 17.1 Å². The molecule has 1 heterocycles. The van der Waals surface area contributed by atoms with Crippen molar-refractivity contribution in [1.82, 2.24) is 9.97 Å². The van der Waals surface area contributed by atoms with E-state index in [4.69, 9.17) is 7.48 Å². The molecule has 1 aromatic heterocycles. The second-order valence-electron chi connectivity index (χ2n) is 1.25. The second-order valence-corrected chi connectivity index (χ2v) is 1.96. The number of nitrogens with zero attached hydrogens (tertiary/aromatic N) is 2. The van der Waals surface area contributed by atoms with Gasteiger partial charge in [0.2, 0.25) is 0 Å². The first kappa shape index (κ1) is 4.22. The van der Waals surface area contributed by atoms with E-state index in [1.807, 2.05) is 0 Å². The molecule has 0 aliphatic carbocycles. The Bertz CT molecular complexity index is 258. The molecule has 4 heteroatoms. The summed E-state index contributed by atoms with van der Waals surface area (Å²) in [4.78, 5) is 7.26. The van der Waals surface area contributed by atoms with Gasteiger partial charge in [0.25, 0.3) is 0 Å². The number of aromatic nitrogens is 2. The summed E-state index contributed by atoms with van der Waals surface area (Å²) in [6.07, 6.45) is -0.168. The summed E-state index contributed by atoms with van der Waals surface area (Å²) >= 11 is 2.96. The van der Waals surface area contributed by atoms with Crippen LogP contribution in [-0.2, 0) is 0 Å². The Hall–Kier alpha value is -0.640. The minimum atomic E-state index is -0.0839. The van der Waals surface area contributed by atoms with Crippen LogP contribution >= 0.6 is 15.9 Å². The van der Waals surface area contributed by atoms with Gasteiger partial charge in [-0.3, -0.25) is 0 Å². The van der Waals surface area contributed by atoms with E-state index in [1.165, 1.54) is 7.11 Å². The highest BCUT2D eigenvalue weighted by Gasteiger charge is 1.89. The van der Waals surface area contributed by atoms with Gasteiger partial charge in [0, 0.05) is 0 Å². The average Bonchev–Trinajstić information content (AvgIpc) is 1.85. The summed E-state index contributed by atoms with van der Waals surface area (Å²) in [5.74, 6) is 0.0909. The molecule has 1 aromatic rings. The fourth-order valence-corrected chi connectivity index (χ4v) is 0.512. The molecule has 48 valence electrons. The third-order valence-corrected chi connectivity index (χ3v) is 1.06. The van der Waals surface area contributed by atoms with E-state index in [1.54, 1.807) is 0 Å². The second kappa shape index (κ2) is 2.77. The van der Waals surface area contributed by atoms with Gasteiger partial charge in [-0.1, -0.05) is 0 Å². The molecule has 0 aromatic carbocycles. The lowest BCUT2D eigenvalue weighted by Gasteiger charge is -1.94. The van der Waals surface area contributed by atoms with Crippen molar-refractivity contribution in [2.24, 2.45) is 0 Å². The van der Waals surface area contributed by atoms with Crippen molar-refractivity contribution in [3.63, 3.8) is 0 Å². The lowest BCUT2D eigenvalue weighted by Crippen LogP contribution is -1.86. The van der Waals surface area contributed by atoms with Gasteiger partial charge in [-0.25, -0.2) is 9.97 Å². The standard InChI is InChI=1S/C5H5BrN2O/c1-9-4-2-7-5(6)8-3-4/h2-3H,1H3/i2D,3D. The molecule has 0 N–H and O–H groups in total. The highest BCUT2D eigenvalue weighted by atomic mass is 79.9. The molecule has 0 spiro atoms. The zero-order valence-corrected chi connectivity index (χ0v) is 6.27. The summed E-state index contributed by atoms with van der Waals surface area (Å²) in [6.45, 7) is 0. The van der Waals surface area contributed by atoms with E-state index in [0.717, 1.165) is 0 Å². The molecule has 0 aliphatic heterocycles. The summed E-state index contributed by atoms with van der Waals surface area (Å²) in [5, 5.41) is 0. The molecule has 9 heavy (non-hydrogen) atoms. The quantitative estimate of drug-likeness (QED) is 0.626. The molecule has 0 saturated carbocycles. The zero-order chi connectivity index (χ0) is 8.43. The van der Waals surface area contributed by atoms with E-state index >= 15 is 0 Å². The van der Waals surface area contributed by atoms with Crippen LogP contribution in [0.15, 0.2) is 17.1 Å². The summed E-state index contributed by atoms with van der Waals surface area (Å²) in [6, 6.07) is 0.